The molecule has 230 valence electrons. The topological polar surface area (TPSA) is 170 Å². The summed E-state index contributed by atoms with van der Waals surface area (Å²) in [6.45, 7) is 2.32. The first-order chi connectivity index (χ1) is 20.6. The molecule has 15 heteroatoms. The number of hydrogen-bond donors (Lipinski definition) is 3. The molecule has 0 saturated carbocycles. The van der Waals surface area contributed by atoms with E-state index in [1.807, 2.05) is 4.72 Å². The first-order valence-electron chi connectivity index (χ1n) is 12.9. The molecule has 3 amide bonds. The van der Waals surface area contributed by atoms with Gasteiger partial charge >= 0.3 is 6.18 Å². The standard InChI is InChI=1S/C29H26F3N5O6S/c1-16-13-23(25-22(26(33)39)7-4-12-34-25)24(28(41)37(16)20-6-3-5-19(14-20)29(30,31)32)27(40)35-15-18-8-10-21(11-9-18)44(42,43)36-17(2)38/h3-14,22,25H,15H2,1-2H3,(H2,33,39)(H,35,40)(H,36,38). The zero-order chi connectivity index (χ0) is 32.4. The highest BCUT2D eigenvalue weighted by Gasteiger charge is 2.34. The molecule has 0 radical (unpaired) electrons. The van der Waals surface area contributed by atoms with Crippen molar-refractivity contribution in [1.29, 1.82) is 0 Å². The van der Waals surface area contributed by atoms with Crippen molar-refractivity contribution in [3.63, 3.8) is 0 Å². The molecule has 44 heavy (non-hydrogen) atoms. The highest BCUT2D eigenvalue weighted by atomic mass is 32.2. The summed E-state index contributed by atoms with van der Waals surface area (Å²) >= 11 is 0. The third-order valence-electron chi connectivity index (χ3n) is 6.68. The van der Waals surface area contributed by atoms with Gasteiger partial charge < -0.3 is 11.1 Å². The highest BCUT2D eigenvalue weighted by Crippen LogP contribution is 2.33. The highest BCUT2D eigenvalue weighted by molar-refractivity contribution is 7.90. The van der Waals surface area contributed by atoms with Crippen LogP contribution in [0.15, 0.2) is 81.4 Å². The maximum atomic E-state index is 13.9. The molecule has 2 heterocycles. The molecule has 0 bridgehead atoms. The second kappa shape index (κ2) is 12.3. The van der Waals surface area contributed by atoms with E-state index in [1.54, 1.807) is 0 Å². The SMILES string of the molecule is CC(=O)NS(=O)(=O)c1ccc(CNC(=O)c2c(C3N=CC=CC3C(N)=O)cc(C)n(-c3cccc(C(F)(F)F)c3)c2=O)cc1. The normalized spacial score (nSPS) is 16.4. The molecule has 1 aliphatic rings. The Morgan fingerprint density at radius 2 is 1.75 bits per heavy atom. The number of carbonyl (C=O) groups is 3. The van der Waals surface area contributed by atoms with Crippen molar-refractivity contribution < 1.29 is 36.0 Å². The molecule has 1 aromatic heterocycles. The predicted molar refractivity (Wildman–Crippen MR) is 153 cm³/mol. The molecule has 0 saturated heterocycles. The molecule has 1 aliphatic heterocycles. The number of carbonyl (C=O) groups excluding carboxylic acids is 3. The van der Waals surface area contributed by atoms with Crippen LogP contribution in [0.25, 0.3) is 5.69 Å². The molecule has 2 unspecified atom stereocenters. The lowest BCUT2D eigenvalue weighted by Crippen LogP contribution is -2.37. The Balaban J connectivity index is 1.77. The van der Waals surface area contributed by atoms with Gasteiger partial charge in [-0.05, 0) is 60.5 Å². The van der Waals surface area contributed by atoms with Crippen molar-refractivity contribution >= 4 is 34.0 Å². The number of benzene rings is 2. The van der Waals surface area contributed by atoms with Gasteiger partial charge in [-0.2, -0.15) is 13.2 Å². The summed E-state index contributed by atoms with van der Waals surface area (Å²) in [4.78, 5) is 55.0. The van der Waals surface area contributed by atoms with E-state index in [1.165, 1.54) is 61.7 Å². The third-order valence-corrected chi connectivity index (χ3v) is 8.13. The lowest BCUT2D eigenvalue weighted by molar-refractivity contribution is -0.137. The zero-order valence-corrected chi connectivity index (χ0v) is 24.1. The molecule has 2 atom stereocenters. The second-order valence-electron chi connectivity index (χ2n) is 9.85. The van der Waals surface area contributed by atoms with E-state index in [2.05, 4.69) is 10.3 Å². The fourth-order valence-electron chi connectivity index (χ4n) is 4.70. The molecule has 2 aromatic carbocycles. The number of alkyl halides is 3. The Kier molecular flexibility index (Phi) is 8.90. The molecular formula is C29H26F3N5O6S. The minimum Gasteiger partial charge on any atom is -0.369 e. The van der Waals surface area contributed by atoms with Crippen molar-refractivity contribution in [3.8, 4) is 5.69 Å². The number of primary amides is 1. The van der Waals surface area contributed by atoms with Crippen LogP contribution in [-0.4, -0.2) is 36.9 Å². The van der Waals surface area contributed by atoms with E-state index in [0.29, 0.717) is 5.56 Å². The number of dihydropyridines is 1. The molecule has 0 aliphatic carbocycles. The Morgan fingerprint density at radius 3 is 2.36 bits per heavy atom. The van der Waals surface area contributed by atoms with Crippen LogP contribution in [0.3, 0.4) is 0 Å². The zero-order valence-electron chi connectivity index (χ0n) is 23.3. The summed E-state index contributed by atoms with van der Waals surface area (Å²) in [5.74, 6) is -3.49. The Hall–Kier alpha value is -5.05. The van der Waals surface area contributed by atoms with Crippen LogP contribution < -0.4 is 21.3 Å². The van der Waals surface area contributed by atoms with Gasteiger partial charge in [-0.3, -0.25) is 28.7 Å². The van der Waals surface area contributed by atoms with Crippen LogP contribution in [0.5, 0.6) is 0 Å². The third kappa shape index (κ3) is 6.78. The number of aryl methyl sites for hydroxylation is 1. The summed E-state index contributed by atoms with van der Waals surface area (Å²) in [7, 11) is -4.09. The number of sulfonamides is 1. The van der Waals surface area contributed by atoms with E-state index in [0.717, 1.165) is 29.7 Å². The molecule has 3 aromatic rings. The Labute approximate surface area is 249 Å². The fourth-order valence-corrected chi connectivity index (χ4v) is 5.69. The number of halogens is 3. The quantitative estimate of drug-likeness (QED) is 0.346. The number of allylic oxidation sites excluding steroid dienone is 1. The average Bonchev–Trinajstić information content (AvgIpc) is 2.95. The average molecular weight is 630 g/mol. The minimum absolute atomic E-state index is 0.0365. The maximum absolute atomic E-state index is 13.9. The van der Waals surface area contributed by atoms with Crippen molar-refractivity contribution in [3.05, 3.63) is 105 Å². The van der Waals surface area contributed by atoms with Crippen molar-refractivity contribution in [2.24, 2.45) is 16.6 Å². The van der Waals surface area contributed by atoms with Gasteiger partial charge in [-0.15, -0.1) is 0 Å². The molecule has 0 spiro atoms. The van der Waals surface area contributed by atoms with Gasteiger partial charge in [0.15, 0.2) is 0 Å². The maximum Gasteiger partial charge on any atom is 0.416 e. The van der Waals surface area contributed by atoms with Gasteiger partial charge in [0.05, 0.1) is 22.4 Å². The molecular weight excluding hydrogens is 603 g/mol. The number of nitrogens with zero attached hydrogens (tertiary/aromatic N) is 2. The summed E-state index contributed by atoms with van der Waals surface area (Å²) in [5.41, 5.74) is 3.61. The summed E-state index contributed by atoms with van der Waals surface area (Å²) < 4.78 is 67.6. The van der Waals surface area contributed by atoms with Gasteiger partial charge in [0.2, 0.25) is 11.8 Å². The van der Waals surface area contributed by atoms with Crippen LogP contribution in [0.1, 0.15) is 45.7 Å². The monoisotopic (exact) mass is 629 g/mol. The van der Waals surface area contributed by atoms with E-state index in [4.69, 9.17) is 5.73 Å². The number of amides is 3. The van der Waals surface area contributed by atoms with Crippen molar-refractivity contribution in [2.45, 2.75) is 37.5 Å². The summed E-state index contributed by atoms with van der Waals surface area (Å²) in [5, 5.41) is 2.57. The smallest absolute Gasteiger partial charge is 0.369 e. The van der Waals surface area contributed by atoms with Crippen LogP contribution >= 0.6 is 0 Å². The van der Waals surface area contributed by atoms with Gasteiger partial charge in [0.25, 0.3) is 21.5 Å². The lowest BCUT2D eigenvalue weighted by Gasteiger charge is -2.25. The predicted octanol–water partition coefficient (Wildman–Crippen LogP) is 2.70. The summed E-state index contributed by atoms with van der Waals surface area (Å²) in [6, 6.07) is 9.56. The van der Waals surface area contributed by atoms with E-state index >= 15 is 0 Å². The van der Waals surface area contributed by atoms with E-state index in [9.17, 15) is 40.8 Å². The van der Waals surface area contributed by atoms with Crippen LogP contribution in [0.2, 0.25) is 0 Å². The minimum atomic E-state index is -4.69. The van der Waals surface area contributed by atoms with Gasteiger partial charge in [-0.25, -0.2) is 13.1 Å². The van der Waals surface area contributed by atoms with Crippen LogP contribution in [0.4, 0.5) is 13.2 Å². The number of nitrogens with two attached hydrogens (primary N) is 1. The number of pyridine rings is 1. The summed E-state index contributed by atoms with van der Waals surface area (Å²) in [6.07, 6.45) is -0.372. The molecule has 0 fully saturated rings. The van der Waals surface area contributed by atoms with E-state index in [-0.39, 0.29) is 28.4 Å². The largest absolute Gasteiger partial charge is 0.416 e. The van der Waals surface area contributed by atoms with E-state index < -0.39 is 62.6 Å². The number of hydrogen-bond acceptors (Lipinski definition) is 7. The lowest BCUT2D eigenvalue weighted by atomic mass is 9.88. The molecule has 4 N–H and O–H groups in total. The van der Waals surface area contributed by atoms with Crippen molar-refractivity contribution in [2.75, 3.05) is 0 Å². The molecule has 11 nitrogen and oxygen atoms in total. The van der Waals surface area contributed by atoms with Gasteiger partial charge in [0.1, 0.15) is 5.56 Å². The number of nitrogens with one attached hydrogen (secondary N) is 2. The Morgan fingerprint density at radius 1 is 1.07 bits per heavy atom. The number of rotatable bonds is 8. The Bertz CT molecular complexity index is 1870. The number of aliphatic imine (C=N–C) groups is 1. The first kappa shape index (κ1) is 31.9. The van der Waals surface area contributed by atoms with Crippen molar-refractivity contribution in [1.82, 2.24) is 14.6 Å². The van der Waals surface area contributed by atoms with Gasteiger partial charge in [0, 0.05) is 31.1 Å². The second-order valence-corrected chi connectivity index (χ2v) is 11.5. The first-order valence-corrected chi connectivity index (χ1v) is 14.4. The fraction of sp³-hybridized carbons (Fsp3) is 0.207. The van der Waals surface area contributed by atoms with Gasteiger partial charge in [-0.1, -0.05) is 24.3 Å². The molecule has 4 rings (SSSR count). The number of aromatic nitrogens is 1. The van der Waals surface area contributed by atoms with Crippen LogP contribution in [0, 0.1) is 12.8 Å². The van der Waals surface area contributed by atoms with Crippen LogP contribution in [-0.2, 0) is 32.3 Å².